The number of carbonyl (C=O) groups excluding carboxylic acids is 1. The monoisotopic (exact) mass is 450 g/mol. The van der Waals surface area contributed by atoms with Crippen molar-refractivity contribution >= 4 is 33.9 Å². The molecule has 0 fully saturated rings. The molecule has 1 heterocycles. The largest absolute Gasteiger partial charge is 0.478 e. The van der Waals surface area contributed by atoms with Crippen LogP contribution in [-0.2, 0) is 17.6 Å². The third-order valence-electron chi connectivity index (χ3n) is 5.81. The number of thiophene rings is 1. The van der Waals surface area contributed by atoms with Crippen LogP contribution in [0.15, 0.2) is 53.9 Å². The van der Waals surface area contributed by atoms with E-state index >= 15 is 0 Å². The fourth-order valence-electron chi connectivity index (χ4n) is 4.19. The van der Waals surface area contributed by atoms with Crippen molar-refractivity contribution in [2.45, 2.75) is 25.2 Å². The maximum Gasteiger partial charge on any atom is 0.339 e. The van der Waals surface area contributed by atoms with E-state index in [1.165, 1.54) is 22.5 Å². The predicted molar refractivity (Wildman–Crippen MR) is 127 cm³/mol. The molecule has 1 aliphatic rings. The molecule has 3 N–H and O–H groups in total. The van der Waals surface area contributed by atoms with E-state index < -0.39 is 5.97 Å². The van der Waals surface area contributed by atoms with Crippen LogP contribution in [0.1, 0.15) is 49.7 Å². The van der Waals surface area contributed by atoms with Crippen LogP contribution in [0.2, 0.25) is 0 Å². The Balaban J connectivity index is 1.53. The van der Waals surface area contributed by atoms with Crippen molar-refractivity contribution in [3.63, 3.8) is 0 Å². The van der Waals surface area contributed by atoms with Gasteiger partial charge in [0.1, 0.15) is 5.00 Å². The highest BCUT2D eigenvalue weighted by Crippen LogP contribution is 2.39. The van der Waals surface area contributed by atoms with Gasteiger partial charge < -0.3 is 20.5 Å². The summed E-state index contributed by atoms with van der Waals surface area (Å²) in [5.74, 6) is -1.21. The molecule has 1 unspecified atom stereocenters. The molecular formula is C25H26N2O4S. The summed E-state index contributed by atoms with van der Waals surface area (Å²) in [6.07, 6.45) is 2.65. The molecule has 3 aromatic rings. The van der Waals surface area contributed by atoms with Crippen LogP contribution >= 0.6 is 11.3 Å². The Morgan fingerprint density at radius 3 is 2.75 bits per heavy atom. The Bertz CT molecular complexity index is 1120. The number of amides is 1. The average molecular weight is 451 g/mol. The Morgan fingerprint density at radius 1 is 1.16 bits per heavy atom. The first kappa shape index (κ1) is 22.0. The Morgan fingerprint density at radius 2 is 1.97 bits per heavy atom. The van der Waals surface area contributed by atoms with Gasteiger partial charge >= 0.3 is 5.97 Å². The zero-order chi connectivity index (χ0) is 22.5. The standard InChI is InChI=1S/C25H26N2O4S/c1-31-12-11-26-20-8-4-7-19(14-20)23(28)27-24-22(25(29)30)21(15-32-24)18-10-9-16-5-2-3-6-17(16)13-18/h2-8,14-15,18,26H,9-13H2,1H3,(H,27,28)(H,29,30). The average Bonchev–Trinajstić information content (AvgIpc) is 3.23. The van der Waals surface area contributed by atoms with Crippen LogP contribution in [0, 0.1) is 0 Å². The van der Waals surface area contributed by atoms with Gasteiger partial charge in [-0.3, -0.25) is 4.79 Å². The van der Waals surface area contributed by atoms with Crippen molar-refractivity contribution < 1.29 is 19.4 Å². The van der Waals surface area contributed by atoms with Crippen molar-refractivity contribution in [2.24, 2.45) is 0 Å². The second kappa shape index (κ2) is 9.97. The van der Waals surface area contributed by atoms with Crippen LogP contribution in [0.25, 0.3) is 0 Å². The number of nitrogens with one attached hydrogen (secondary N) is 2. The third kappa shape index (κ3) is 4.84. The summed E-state index contributed by atoms with van der Waals surface area (Å²) in [4.78, 5) is 25.0. The van der Waals surface area contributed by atoms with Crippen molar-refractivity contribution in [3.05, 3.63) is 81.7 Å². The normalized spacial score (nSPS) is 15.1. The molecule has 1 atom stereocenters. The van der Waals surface area contributed by atoms with Crippen molar-refractivity contribution in [1.29, 1.82) is 0 Å². The maximum absolute atomic E-state index is 12.9. The van der Waals surface area contributed by atoms with E-state index in [0.717, 1.165) is 30.5 Å². The molecule has 2 aromatic carbocycles. The number of rotatable bonds is 8. The minimum absolute atomic E-state index is 0.131. The molecule has 0 aliphatic heterocycles. The Hall–Kier alpha value is -3.16. The SMILES string of the molecule is COCCNc1cccc(C(=O)Nc2scc(C3CCc4ccccc4C3)c2C(=O)O)c1. The van der Waals surface area contributed by atoms with Crippen molar-refractivity contribution in [2.75, 3.05) is 30.9 Å². The van der Waals surface area contributed by atoms with E-state index in [9.17, 15) is 14.7 Å². The summed E-state index contributed by atoms with van der Waals surface area (Å²) < 4.78 is 5.03. The van der Waals surface area contributed by atoms with Crippen LogP contribution in [0.5, 0.6) is 0 Å². The summed E-state index contributed by atoms with van der Waals surface area (Å²) in [7, 11) is 1.63. The molecule has 1 aromatic heterocycles. The summed E-state index contributed by atoms with van der Waals surface area (Å²) in [6.45, 7) is 1.19. The van der Waals surface area contributed by atoms with E-state index in [1.807, 2.05) is 23.6 Å². The molecular weight excluding hydrogens is 424 g/mol. The highest BCUT2D eigenvalue weighted by atomic mass is 32.1. The topological polar surface area (TPSA) is 87.7 Å². The molecule has 6 nitrogen and oxygen atoms in total. The Labute approximate surface area is 191 Å². The minimum atomic E-state index is -1.01. The molecule has 0 saturated heterocycles. The molecule has 0 saturated carbocycles. The van der Waals surface area contributed by atoms with Gasteiger partial charge in [-0.1, -0.05) is 30.3 Å². The quantitative estimate of drug-likeness (QED) is 0.419. The van der Waals surface area contributed by atoms with Gasteiger partial charge in [0, 0.05) is 24.9 Å². The first-order valence-electron chi connectivity index (χ1n) is 10.6. The molecule has 1 amide bonds. The number of hydrogen-bond acceptors (Lipinski definition) is 5. The third-order valence-corrected chi connectivity index (χ3v) is 6.72. The van der Waals surface area contributed by atoms with Gasteiger partial charge in [-0.25, -0.2) is 4.79 Å². The molecule has 0 bridgehead atoms. The smallest absolute Gasteiger partial charge is 0.339 e. The number of fused-ring (bicyclic) bond motifs is 1. The molecule has 7 heteroatoms. The fourth-order valence-corrected chi connectivity index (χ4v) is 5.22. The molecule has 166 valence electrons. The van der Waals surface area contributed by atoms with Crippen molar-refractivity contribution in [1.82, 2.24) is 0 Å². The predicted octanol–water partition coefficient (Wildman–Crippen LogP) is 5.03. The number of carbonyl (C=O) groups is 2. The summed E-state index contributed by atoms with van der Waals surface area (Å²) in [5.41, 5.74) is 4.90. The van der Waals surface area contributed by atoms with Crippen molar-refractivity contribution in [3.8, 4) is 0 Å². The van der Waals surface area contributed by atoms with Gasteiger partial charge in [-0.15, -0.1) is 11.3 Å². The highest BCUT2D eigenvalue weighted by Gasteiger charge is 2.28. The number of methoxy groups -OCH3 is 1. The van der Waals surface area contributed by atoms with E-state index in [0.29, 0.717) is 23.7 Å². The van der Waals surface area contributed by atoms with E-state index in [4.69, 9.17) is 4.74 Å². The van der Waals surface area contributed by atoms with Gasteiger partial charge in [0.15, 0.2) is 0 Å². The zero-order valence-corrected chi connectivity index (χ0v) is 18.7. The van der Waals surface area contributed by atoms with Gasteiger partial charge in [-0.05, 0) is 65.4 Å². The molecule has 1 aliphatic carbocycles. The van der Waals surface area contributed by atoms with Crippen LogP contribution in [0.3, 0.4) is 0 Å². The van der Waals surface area contributed by atoms with E-state index in [-0.39, 0.29) is 17.4 Å². The number of aryl methyl sites for hydroxylation is 1. The summed E-state index contributed by atoms with van der Waals surface area (Å²) in [5, 5.41) is 18.2. The minimum Gasteiger partial charge on any atom is -0.478 e. The molecule has 4 rings (SSSR count). The first-order chi connectivity index (χ1) is 15.6. The van der Waals surface area contributed by atoms with E-state index in [2.05, 4.69) is 22.8 Å². The lowest BCUT2D eigenvalue weighted by Crippen LogP contribution is -2.17. The number of carboxylic acids is 1. The second-order valence-electron chi connectivity index (χ2n) is 7.86. The second-order valence-corrected chi connectivity index (χ2v) is 8.74. The summed E-state index contributed by atoms with van der Waals surface area (Å²) in [6, 6.07) is 15.5. The number of aromatic carboxylic acids is 1. The summed E-state index contributed by atoms with van der Waals surface area (Å²) >= 11 is 1.28. The number of hydrogen-bond donors (Lipinski definition) is 3. The molecule has 0 spiro atoms. The van der Waals surface area contributed by atoms with Crippen LogP contribution in [-0.4, -0.2) is 37.2 Å². The zero-order valence-electron chi connectivity index (χ0n) is 17.9. The van der Waals surface area contributed by atoms with Gasteiger partial charge in [-0.2, -0.15) is 0 Å². The Kier molecular flexibility index (Phi) is 6.87. The lowest BCUT2D eigenvalue weighted by atomic mass is 9.80. The highest BCUT2D eigenvalue weighted by molar-refractivity contribution is 7.15. The van der Waals surface area contributed by atoms with E-state index in [1.54, 1.807) is 25.3 Å². The maximum atomic E-state index is 12.9. The number of carboxylic acid groups (broad SMARTS) is 1. The number of anilines is 2. The van der Waals surface area contributed by atoms with Gasteiger partial charge in [0.25, 0.3) is 5.91 Å². The van der Waals surface area contributed by atoms with Crippen LogP contribution < -0.4 is 10.6 Å². The first-order valence-corrected chi connectivity index (χ1v) is 11.5. The van der Waals surface area contributed by atoms with Gasteiger partial charge in [0.05, 0.1) is 12.2 Å². The number of benzene rings is 2. The molecule has 0 radical (unpaired) electrons. The molecule has 32 heavy (non-hydrogen) atoms. The van der Waals surface area contributed by atoms with Gasteiger partial charge in [0.2, 0.25) is 0 Å². The fraction of sp³-hybridized carbons (Fsp3) is 0.280. The lowest BCUT2D eigenvalue weighted by molar-refractivity contribution is 0.0696. The van der Waals surface area contributed by atoms with Crippen LogP contribution in [0.4, 0.5) is 10.7 Å². The number of ether oxygens (including phenoxy) is 1. The lowest BCUT2D eigenvalue weighted by Gasteiger charge is -2.24.